The number of aromatic nitrogens is 2. The van der Waals surface area contributed by atoms with Crippen molar-refractivity contribution in [2.75, 3.05) is 7.11 Å². The Bertz CT molecular complexity index is 1130. The zero-order valence-corrected chi connectivity index (χ0v) is 20.0. The molecule has 2 amide bonds. The topological polar surface area (TPSA) is 111 Å². The molecule has 2 atom stereocenters. The Balaban J connectivity index is 1.46. The van der Waals surface area contributed by atoms with Gasteiger partial charge in [-0.3, -0.25) is 14.5 Å². The molecule has 33 heavy (non-hydrogen) atoms. The highest BCUT2D eigenvalue weighted by Gasteiger charge is 2.55. The fourth-order valence-electron chi connectivity index (χ4n) is 3.40. The second-order valence-corrected chi connectivity index (χ2v) is 9.44. The molecule has 12 heteroatoms. The van der Waals surface area contributed by atoms with Crippen molar-refractivity contribution in [3.63, 3.8) is 0 Å². The number of nitrogens with zero attached hydrogens (tertiary/aromatic N) is 3. The predicted octanol–water partition coefficient (Wildman–Crippen LogP) is 2.59. The molecule has 1 N–H and O–H groups in total. The zero-order valence-electron chi connectivity index (χ0n) is 17.6. The number of benzene rings is 1. The largest absolute Gasteiger partial charge is 0.497 e. The molecule has 1 fully saturated rings. The Hall–Kier alpha value is -2.89. The van der Waals surface area contributed by atoms with Gasteiger partial charge in [0, 0.05) is 10.4 Å². The number of hydrogen-bond acceptors (Lipinski definition) is 9. The monoisotopic (exact) mass is 506 g/mol. The molecule has 0 spiro atoms. The Morgan fingerprint density at radius 3 is 2.70 bits per heavy atom. The Kier molecular flexibility index (Phi) is 7.01. The number of allylic oxidation sites excluding steroid dienone is 1. The third-order valence-corrected chi connectivity index (χ3v) is 7.56. The van der Waals surface area contributed by atoms with Gasteiger partial charge in [0.2, 0.25) is 5.91 Å². The maximum Gasteiger partial charge on any atom is 0.355 e. The number of rotatable bonds is 7. The van der Waals surface area contributed by atoms with Crippen molar-refractivity contribution in [3.8, 4) is 5.75 Å². The average Bonchev–Trinajstić information content (AvgIpc) is 3.34. The summed E-state index contributed by atoms with van der Waals surface area (Å²) >= 11 is 8.54. The third-order valence-electron chi connectivity index (χ3n) is 5.11. The second-order valence-electron chi connectivity index (χ2n) is 7.14. The summed E-state index contributed by atoms with van der Waals surface area (Å²) < 4.78 is 10.6. The lowest BCUT2D eigenvalue weighted by Gasteiger charge is -2.49. The van der Waals surface area contributed by atoms with Gasteiger partial charge in [0.15, 0.2) is 0 Å². The van der Waals surface area contributed by atoms with Crippen molar-refractivity contribution < 1.29 is 23.9 Å². The van der Waals surface area contributed by atoms with Crippen LogP contribution in [0.5, 0.6) is 5.75 Å². The van der Waals surface area contributed by atoms with Crippen LogP contribution in [0.1, 0.15) is 17.5 Å². The average molecular weight is 507 g/mol. The first-order chi connectivity index (χ1) is 15.9. The fourth-order valence-corrected chi connectivity index (χ4v) is 5.47. The number of fused-ring (bicyclic) bond motifs is 1. The molecule has 2 aromatic rings. The number of hydrogen-bond donors (Lipinski definition) is 1. The van der Waals surface area contributed by atoms with Gasteiger partial charge in [-0.25, -0.2) is 4.79 Å². The number of β-lactam (4-membered cyclic amide) rings is 1. The Morgan fingerprint density at radius 2 is 2.06 bits per heavy atom. The number of amides is 2. The first-order valence-electron chi connectivity index (χ1n) is 9.78. The molecule has 4 rings (SSSR count). The number of carbonyl (C=O) groups is 3. The van der Waals surface area contributed by atoms with Gasteiger partial charge in [-0.05, 0) is 30.2 Å². The minimum Gasteiger partial charge on any atom is -0.497 e. The zero-order chi connectivity index (χ0) is 23.5. The van der Waals surface area contributed by atoms with E-state index in [9.17, 15) is 14.4 Å². The lowest BCUT2D eigenvalue weighted by molar-refractivity contribution is -0.153. The molecule has 2 aliphatic heterocycles. The molecule has 0 saturated carbocycles. The fraction of sp³-hybridized carbons (Fsp3) is 0.286. The van der Waals surface area contributed by atoms with Crippen LogP contribution < -0.4 is 10.1 Å². The van der Waals surface area contributed by atoms with E-state index in [4.69, 9.17) is 21.1 Å². The summed E-state index contributed by atoms with van der Waals surface area (Å²) in [5, 5.41) is 10.3. The number of halogens is 1. The maximum atomic E-state index is 13.0. The first kappa shape index (κ1) is 23.3. The smallest absolute Gasteiger partial charge is 0.355 e. The summed E-state index contributed by atoms with van der Waals surface area (Å²) in [6, 6.07) is 6.32. The summed E-state index contributed by atoms with van der Waals surface area (Å²) in [5.41, 5.74) is 4.33. The van der Waals surface area contributed by atoms with Gasteiger partial charge in [-0.1, -0.05) is 35.5 Å². The molecule has 1 unspecified atom stereocenters. The standard InChI is InChI=1S/C21H19ClN4O5S2/c1-11-14(8-22)33-20-17(24-15(27)7-16-25-23-10-32-16)19(28)26(20)18(11)21(29)31-9-12-3-5-13(30-2)6-4-12/h3-6,8,10,17,20H,7,9H2,1-2H3,(H,24,27)/t17?,20-/m0/s1. The summed E-state index contributed by atoms with van der Waals surface area (Å²) in [6.45, 7) is 1.73. The van der Waals surface area contributed by atoms with Crippen LogP contribution in [0.25, 0.3) is 0 Å². The lowest BCUT2D eigenvalue weighted by atomic mass is 10.0. The Labute approximate surface area is 202 Å². The van der Waals surface area contributed by atoms with Crippen molar-refractivity contribution in [2.45, 2.75) is 31.4 Å². The van der Waals surface area contributed by atoms with Gasteiger partial charge in [0.05, 0.1) is 13.5 Å². The van der Waals surface area contributed by atoms with Crippen LogP contribution in [0.3, 0.4) is 0 Å². The number of carbonyl (C=O) groups excluding carboxylic acids is 3. The van der Waals surface area contributed by atoms with E-state index in [-0.39, 0.29) is 30.5 Å². The second kappa shape index (κ2) is 9.94. The molecular formula is C21H19ClN4O5S2. The van der Waals surface area contributed by atoms with E-state index >= 15 is 0 Å². The van der Waals surface area contributed by atoms with Gasteiger partial charge in [0.25, 0.3) is 5.91 Å². The molecule has 1 saturated heterocycles. The van der Waals surface area contributed by atoms with E-state index in [0.29, 0.717) is 21.2 Å². The minimum absolute atomic E-state index is 0.0235. The normalized spacial score (nSPS) is 20.9. The van der Waals surface area contributed by atoms with E-state index in [1.165, 1.54) is 39.0 Å². The number of esters is 1. The highest BCUT2D eigenvalue weighted by atomic mass is 35.5. The van der Waals surface area contributed by atoms with E-state index < -0.39 is 17.4 Å². The molecule has 1 aromatic heterocycles. The quantitative estimate of drug-likeness (QED) is 0.450. The number of nitrogens with one attached hydrogen (secondary N) is 1. The van der Waals surface area contributed by atoms with Crippen molar-refractivity contribution in [1.29, 1.82) is 0 Å². The third kappa shape index (κ3) is 4.75. The van der Waals surface area contributed by atoms with Crippen LogP contribution in [0.4, 0.5) is 0 Å². The molecule has 9 nitrogen and oxygen atoms in total. The van der Waals surface area contributed by atoms with Crippen molar-refractivity contribution in [2.24, 2.45) is 0 Å². The molecule has 0 aliphatic carbocycles. The number of ether oxygens (including phenoxy) is 2. The first-order valence-corrected chi connectivity index (χ1v) is 12.0. The molecule has 0 radical (unpaired) electrons. The van der Waals surface area contributed by atoms with Crippen LogP contribution >= 0.6 is 34.7 Å². The molecule has 3 heterocycles. The summed E-state index contributed by atoms with van der Waals surface area (Å²) in [4.78, 5) is 40.2. The molecule has 2 aliphatic rings. The highest BCUT2D eigenvalue weighted by molar-refractivity contribution is 8.04. The maximum absolute atomic E-state index is 13.0. The van der Waals surface area contributed by atoms with Crippen molar-refractivity contribution >= 4 is 52.5 Å². The van der Waals surface area contributed by atoms with Crippen LogP contribution in [0, 0.1) is 0 Å². The van der Waals surface area contributed by atoms with Gasteiger partial charge >= 0.3 is 5.97 Å². The van der Waals surface area contributed by atoms with Crippen LogP contribution in [-0.4, -0.2) is 51.4 Å². The van der Waals surface area contributed by atoms with Crippen LogP contribution in [0.15, 0.2) is 51.5 Å². The molecular weight excluding hydrogens is 488 g/mol. The molecule has 172 valence electrons. The van der Waals surface area contributed by atoms with Gasteiger partial charge in [-0.15, -0.1) is 21.5 Å². The number of methoxy groups -OCH3 is 1. The Morgan fingerprint density at radius 1 is 1.30 bits per heavy atom. The summed E-state index contributed by atoms with van der Waals surface area (Å²) in [5.74, 6) is -0.686. The van der Waals surface area contributed by atoms with Crippen molar-refractivity contribution in [1.82, 2.24) is 20.4 Å². The predicted molar refractivity (Wildman–Crippen MR) is 123 cm³/mol. The summed E-state index contributed by atoms with van der Waals surface area (Å²) in [7, 11) is 1.57. The minimum atomic E-state index is -0.792. The van der Waals surface area contributed by atoms with E-state index in [1.807, 2.05) is 0 Å². The SMILES string of the molecule is COc1ccc(COC(=O)C2=C(C)C(=CCl)S[C@H]3C(NC(=O)Cc4nncs4)C(=O)N23)cc1. The van der Waals surface area contributed by atoms with Gasteiger partial charge in [0.1, 0.15) is 40.0 Å². The van der Waals surface area contributed by atoms with Gasteiger partial charge < -0.3 is 14.8 Å². The molecule has 0 bridgehead atoms. The van der Waals surface area contributed by atoms with Gasteiger partial charge in [-0.2, -0.15) is 0 Å². The lowest BCUT2D eigenvalue weighted by Crippen LogP contribution is -2.70. The highest BCUT2D eigenvalue weighted by Crippen LogP contribution is 2.46. The van der Waals surface area contributed by atoms with Crippen LogP contribution in [-0.2, 0) is 32.1 Å². The van der Waals surface area contributed by atoms with Crippen LogP contribution in [0.2, 0.25) is 0 Å². The van der Waals surface area contributed by atoms with E-state index in [1.54, 1.807) is 38.3 Å². The van der Waals surface area contributed by atoms with Crippen molar-refractivity contribution in [3.05, 3.63) is 62.1 Å². The number of thioether (sulfide) groups is 1. The molecule has 1 aromatic carbocycles. The van der Waals surface area contributed by atoms with E-state index in [0.717, 1.165) is 5.56 Å². The van der Waals surface area contributed by atoms with E-state index in [2.05, 4.69) is 15.5 Å². The summed E-state index contributed by atoms with van der Waals surface area (Å²) in [6.07, 6.45) is 0.0235.